The van der Waals surface area contributed by atoms with E-state index in [1.165, 1.54) is 0 Å². The molecule has 0 saturated carbocycles. The summed E-state index contributed by atoms with van der Waals surface area (Å²) in [5, 5.41) is 0. The molecule has 0 unspecified atom stereocenters. The van der Waals surface area contributed by atoms with Crippen molar-refractivity contribution < 1.29 is 9.25 Å². The summed E-state index contributed by atoms with van der Waals surface area (Å²) < 4.78 is 24.4. The zero-order chi connectivity index (χ0) is 11.7. The Bertz CT molecular complexity index is 495. The van der Waals surface area contributed by atoms with Crippen LogP contribution in [0.2, 0.25) is 0 Å². The summed E-state index contributed by atoms with van der Waals surface area (Å²) in [5.74, 6) is 0. The molecule has 86 valence electrons. The van der Waals surface area contributed by atoms with Gasteiger partial charge in [-0.2, -0.15) is 0 Å². The molecular formula is C12H10O3SSn. The van der Waals surface area contributed by atoms with Gasteiger partial charge >= 0.3 is 108 Å². The fourth-order valence-corrected chi connectivity index (χ4v) is 13.9. The van der Waals surface area contributed by atoms with Gasteiger partial charge in [-0.05, 0) is 0 Å². The number of hydrogen-bond donors (Lipinski definition) is 0. The molecule has 2 aromatic carbocycles. The van der Waals surface area contributed by atoms with E-state index in [2.05, 4.69) is 0 Å². The fourth-order valence-electron chi connectivity index (χ4n) is 1.87. The standard InChI is InChI=1S/2C6H5.H2O3S.Sn/c2*1-2-4-6-5-3-1;1-4(2)3;/h2*1-5H;(H2,1,2,3);/q;;;+2/p-2. The van der Waals surface area contributed by atoms with Crippen molar-refractivity contribution in [3.05, 3.63) is 60.7 Å². The second-order valence-electron chi connectivity index (χ2n) is 3.72. The van der Waals surface area contributed by atoms with Gasteiger partial charge in [0.1, 0.15) is 0 Å². The Labute approximate surface area is 107 Å². The van der Waals surface area contributed by atoms with Gasteiger partial charge in [0.25, 0.3) is 0 Å². The van der Waals surface area contributed by atoms with Crippen LogP contribution in [-0.4, -0.2) is 23.4 Å². The van der Waals surface area contributed by atoms with Crippen LogP contribution in [0, 0.1) is 0 Å². The molecule has 1 fully saturated rings. The minimum atomic E-state index is -3.50. The normalized spacial score (nSPS) is 18.6. The van der Waals surface area contributed by atoms with Crippen LogP contribution in [0.4, 0.5) is 0 Å². The Kier molecular flexibility index (Phi) is 3.04. The van der Waals surface area contributed by atoms with Gasteiger partial charge in [-0.3, -0.25) is 0 Å². The first kappa shape index (κ1) is 11.4. The molecule has 0 aromatic heterocycles. The van der Waals surface area contributed by atoms with Gasteiger partial charge in [0.15, 0.2) is 0 Å². The molecule has 1 aliphatic heterocycles. The predicted molar refractivity (Wildman–Crippen MR) is 68.2 cm³/mol. The molecule has 1 aliphatic rings. The molecule has 5 heteroatoms. The SMILES string of the molecule is O=S1[O][Sn]([c]2ccccc2)([c]2ccccc2)[O]1. The third kappa shape index (κ3) is 1.95. The molecule has 0 radical (unpaired) electrons. The van der Waals surface area contributed by atoms with Crippen molar-refractivity contribution in [2.24, 2.45) is 0 Å². The van der Waals surface area contributed by atoms with Gasteiger partial charge in [0, 0.05) is 0 Å². The van der Waals surface area contributed by atoms with E-state index >= 15 is 0 Å². The molecule has 0 aliphatic carbocycles. The van der Waals surface area contributed by atoms with Gasteiger partial charge in [0.05, 0.1) is 0 Å². The molecule has 0 spiro atoms. The van der Waals surface area contributed by atoms with Gasteiger partial charge in [0.2, 0.25) is 0 Å². The first-order chi connectivity index (χ1) is 8.31. The fraction of sp³-hybridized carbons (Fsp3) is 0. The Hall–Kier alpha value is -0.691. The third-order valence-corrected chi connectivity index (χ3v) is 16.0. The van der Waals surface area contributed by atoms with Crippen molar-refractivity contribution in [1.29, 1.82) is 0 Å². The van der Waals surface area contributed by atoms with E-state index in [1.54, 1.807) is 0 Å². The summed E-state index contributed by atoms with van der Waals surface area (Å²) in [6.45, 7) is 0. The Balaban J connectivity index is 2.09. The van der Waals surface area contributed by atoms with E-state index in [0.717, 1.165) is 7.16 Å². The predicted octanol–water partition coefficient (Wildman–Crippen LogP) is 0.868. The quantitative estimate of drug-likeness (QED) is 0.752. The molecule has 1 saturated heterocycles. The Morgan fingerprint density at radius 2 is 1.18 bits per heavy atom. The van der Waals surface area contributed by atoms with Crippen molar-refractivity contribution >= 4 is 37.7 Å². The van der Waals surface area contributed by atoms with Crippen molar-refractivity contribution in [3.63, 3.8) is 0 Å². The first-order valence-electron chi connectivity index (χ1n) is 5.23. The monoisotopic (exact) mass is 354 g/mol. The van der Waals surface area contributed by atoms with Crippen molar-refractivity contribution in [2.75, 3.05) is 0 Å². The number of rotatable bonds is 2. The summed E-state index contributed by atoms with van der Waals surface area (Å²) in [5.41, 5.74) is 0. The minimum absolute atomic E-state index is 1.05. The molecule has 17 heavy (non-hydrogen) atoms. The molecule has 1 heterocycles. The summed E-state index contributed by atoms with van der Waals surface area (Å²) in [7, 11) is 0. The van der Waals surface area contributed by atoms with Gasteiger partial charge in [-0.1, -0.05) is 0 Å². The zero-order valence-electron chi connectivity index (χ0n) is 8.91. The van der Waals surface area contributed by atoms with E-state index < -0.39 is 30.6 Å². The van der Waals surface area contributed by atoms with Crippen LogP contribution in [0.15, 0.2) is 60.7 Å². The Morgan fingerprint density at radius 1 is 0.765 bits per heavy atom. The average Bonchev–Trinajstić information content (AvgIpc) is 2.37. The van der Waals surface area contributed by atoms with Crippen molar-refractivity contribution in [2.45, 2.75) is 0 Å². The van der Waals surface area contributed by atoms with Crippen molar-refractivity contribution in [3.8, 4) is 0 Å². The van der Waals surface area contributed by atoms with E-state index in [-0.39, 0.29) is 0 Å². The van der Waals surface area contributed by atoms with E-state index in [1.807, 2.05) is 60.7 Å². The van der Waals surface area contributed by atoms with Crippen LogP contribution in [0.25, 0.3) is 0 Å². The topological polar surface area (TPSA) is 35.5 Å². The zero-order valence-corrected chi connectivity index (χ0v) is 12.6. The van der Waals surface area contributed by atoms with E-state index in [0.29, 0.717) is 0 Å². The maximum absolute atomic E-state index is 11.2. The van der Waals surface area contributed by atoms with Crippen LogP contribution in [0.3, 0.4) is 0 Å². The van der Waals surface area contributed by atoms with E-state index in [4.69, 9.17) is 5.04 Å². The molecule has 3 rings (SSSR count). The van der Waals surface area contributed by atoms with Crippen LogP contribution in [0.1, 0.15) is 0 Å². The molecule has 2 aromatic rings. The number of hydrogen-bond acceptors (Lipinski definition) is 3. The van der Waals surface area contributed by atoms with Crippen LogP contribution in [0.5, 0.6) is 0 Å². The molecule has 0 atom stereocenters. The second-order valence-corrected chi connectivity index (χ2v) is 14.1. The molecule has 0 bridgehead atoms. The summed E-state index contributed by atoms with van der Waals surface area (Å²) in [6, 6.07) is 19.6. The van der Waals surface area contributed by atoms with Crippen molar-refractivity contribution in [1.82, 2.24) is 0 Å². The van der Waals surface area contributed by atoms with Crippen LogP contribution in [-0.2, 0) is 16.4 Å². The maximum atomic E-state index is 11.2. The molecular weight excluding hydrogens is 343 g/mol. The Morgan fingerprint density at radius 3 is 1.53 bits per heavy atom. The summed E-state index contributed by atoms with van der Waals surface area (Å²) in [4.78, 5) is 0. The average molecular weight is 353 g/mol. The second kappa shape index (κ2) is 4.53. The third-order valence-electron chi connectivity index (χ3n) is 2.68. The van der Waals surface area contributed by atoms with Gasteiger partial charge in [-0.25, -0.2) is 0 Å². The van der Waals surface area contributed by atoms with Crippen LogP contribution >= 0.6 is 0 Å². The summed E-state index contributed by atoms with van der Waals surface area (Å²) >= 11 is -5.07. The van der Waals surface area contributed by atoms with Gasteiger partial charge < -0.3 is 0 Å². The summed E-state index contributed by atoms with van der Waals surface area (Å²) in [6.07, 6.45) is 0. The van der Waals surface area contributed by atoms with E-state index in [9.17, 15) is 4.21 Å². The number of benzene rings is 2. The first-order valence-corrected chi connectivity index (χ1v) is 11.4. The van der Waals surface area contributed by atoms with Crippen LogP contribution < -0.4 is 7.16 Å². The molecule has 3 nitrogen and oxygen atoms in total. The van der Waals surface area contributed by atoms with Gasteiger partial charge in [-0.15, -0.1) is 0 Å². The molecule has 0 amide bonds. The molecule has 0 N–H and O–H groups in total.